The predicted octanol–water partition coefficient (Wildman–Crippen LogP) is 3.48. The van der Waals surface area contributed by atoms with Gasteiger partial charge in [-0.25, -0.2) is 4.79 Å². The minimum atomic E-state index is -0.219. The zero-order valence-electron chi connectivity index (χ0n) is 14.3. The first-order chi connectivity index (χ1) is 11.6. The van der Waals surface area contributed by atoms with Crippen LogP contribution in [0.15, 0.2) is 48.5 Å². The van der Waals surface area contributed by atoms with Gasteiger partial charge < -0.3 is 20.1 Å². The molecule has 0 bridgehead atoms. The van der Waals surface area contributed by atoms with Crippen LogP contribution in [-0.4, -0.2) is 19.2 Å². The summed E-state index contributed by atoms with van der Waals surface area (Å²) in [5, 5.41) is 5.66. The summed E-state index contributed by atoms with van der Waals surface area (Å²) in [7, 11) is 1.62. The molecule has 5 heteroatoms. The van der Waals surface area contributed by atoms with E-state index in [2.05, 4.69) is 10.6 Å². The number of methoxy groups -OCH3 is 1. The van der Waals surface area contributed by atoms with E-state index >= 15 is 0 Å². The summed E-state index contributed by atoms with van der Waals surface area (Å²) >= 11 is 0. The van der Waals surface area contributed by atoms with Gasteiger partial charge in [0.05, 0.1) is 13.2 Å². The van der Waals surface area contributed by atoms with E-state index in [1.807, 2.05) is 62.4 Å². The van der Waals surface area contributed by atoms with Gasteiger partial charge in [0.1, 0.15) is 11.5 Å². The van der Waals surface area contributed by atoms with Crippen LogP contribution in [0.25, 0.3) is 0 Å². The van der Waals surface area contributed by atoms with Gasteiger partial charge in [0, 0.05) is 18.7 Å². The van der Waals surface area contributed by atoms with Crippen molar-refractivity contribution in [1.29, 1.82) is 0 Å². The molecule has 128 valence electrons. The molecule has 0 atom stereocenters. The van der Waals surface area contributed by atoms with E-state index < -0.39 is 0 Å². The monoisotopic (exact) mass is 328 g/mol. The van der Waals surface area contributed by atoms with Crippen LogP contribution in [0.4, 0.5) is 4.79 Å². The average Bonchev–Trinajstić information content (AvgIpc) is 2.59. The van der Waals surface area contributed by atoms with Gasteiger partial charge in [0.2, 0.25) is 0 Å². The highest BCUT2D eigenvalue weighted by molar-refractivity contribution is 5.73. The molecule has 0 aliphatic carbocycles. The minimum absolute atomic E-state index is 0.148. The van der Waals surface area contributed by atoms with E-state index in [1.165, 1.54) is 0 Å². The number of para-hydroxylation sites is 1. The molecule has 0 radical (unpaired) electrons. The highest BCUT2D eigenvalue weighted by atomic mass is 16.5. The molecule has 0 aliphatic heterocycles. The molecule has 0 saturated carbocycles. The van der Waals surface area contributed by atoms with Gasteiger partial charge in [0.15, 0.2) is 0 Å². The molecule has 2 amide bonds. The Labute approximate surface area is 143 Å². The molecule has 2 aromatic carbocycles. The molecule has 0 spiro atoms. The summed E-state index contributed by atoms with van der Waals surface area (Å²) < 4.78 is 10.9. The lowest BCUT2D eigenvalue weighted by Gasteiger charge is -2.12. The second-order valence-corrected chi connectivity index (χ2v) is 5.66. The Bertz CT molecular complexity index is 654. The van der Waals surface area contributed by atoms with E-state index in [9.17, 15) is 4.79 Å². The van der Waals surface area contributed by atoms with E-state index in [0.29, 0.717) is 13.1 Å². The average molecular weight is 328 g/mol. The lowest BCUT2D eigenvalue weighted by atomic mass is 10.2. The van der Waals surface area contributed by atoms with Crippen LogP contribution < -0.4 is 20.1 Å². The third kappa shape index (κ3) is 5.50. The van der Waals surface area contributed by atoms with Crippen molar-refractivity contribution in [1.82, 2.24) is 10.6 Å². The van der Waals surface area contributed by atoms with Crippen LogP contribution in [-0.2, 0) is 13.1 Å². The van der Waals surface area contributed by atoms with Crippen LogP contribution >= 0.6 is 0 Å². The van der Waals surface area contributed by atoms with Crippen molar-refractivity contribution in [3.05, 3.63) is 59.7 Å². The highest BCUT2D eigenvalue weighted by Crippen LogP contribution is 2.16. The smallest absolute Gasteiger partial charge is 0.315 e. The first-order valence-electron chi connectivity index (χ1n) is 7.97. The number of ether oxygens (including phenoxy) is 2. The van der Waals surface area contributed by atoms with Gasteiger partial charge in [-0.05, 0) is 37.6 Å². The summed E-state index contributed by atoms with van der Waals surface area (Å²) in [5.41, 5.74) is 1.95. The summed E-state index contributed by atoms with van der Waals surface area (Å²) in [4.78, 5) is 11.9. The fraction of sp³-hybridized carbons (Fsp3) is 0.316. The van der Waals surface area contributed by atoms with Crippen molar-refractivity contribution in [2.45, 2.75) is 33.0 Å². The molecule has 0 aromatic heterocycles. The second-order valence-electron chi connectivity index (χ2n) is 5.66. The molecule has 2 aromatic rings. The first-order valence-corrected chi connectivity index (χ1v) is 7.97. The number of carbonyl (C=O) groups excluding carboxylic acids is 1. The van der Waals surface area contributed by atoms with E-state index in [4.69, 9.17) is 9.47 Å². The highest BCUT2D eigenvalue weighted by Gasteiger charge is 2.05. The molecule has 0 heterocycles. The van der Waals surface area contributed by atoms with Gasteiger partial charge in [-0.15, -0.1) is 0 Å². The third-order valence-corrected chi connectivity index (χ3v) is 3.38. The molecule has 0 saturated heterocycles. The fourth-order valence-corrected chi connectivity index (χ4v) is 2.23. The normalized spacial score (nSPS) is 10.3. The van der Waals surface area contributed by atoms with E-state index in [-0.39, 0.29) is 12.1 Å². The van der Waals surface area contributed by atoms with Crippen molar-refractivity contribution < 1.29 is 14.3 Å². The molecule has 2 N–H and O–H groups in total. The number of nitrogens with one attached hydrogen (secondary N) is 2. The van der Waals surface area contributed by atoms with Crippen LogP contribution in [0.5, 0.6) is 11.5 Å². The van der Waals surface area contributed by atoms with Crippen LogP contribution in [0, 0.1) is 0 Å². The lowest BCUT2D eigenvalue weighted by molar-refractivity contribution is 0.240. The maximum Gasteiger partial charge on any atom is 0.315 e. The Kier molecular flexibility index (Phi) is 6.49. The Hall–Kier alpha value is -2.69. The molecule has 0 unspecified atom stereocenters. The Morgan fingerprint density at radius 1 is 1.00 bits per heavy atom. The molecule has 0 aliphatic rings. The zero-order chi connectivity index (χ0) is 17.4. The maximum atomic E-state index is 11.9. The maximum absolute atomic E-state index is 11.9. The Morgan fingerprint density at radius 3 is 2.33 bits per heavy atom. The van der Waals surface area contributed by atoms with Crippen molar-refractivity contribution in [2.75, 3.05) is 7.11 Å². The van der Waals surface area contributed by atoms with Crippen LogP contribution in [0.1, 0.15) is 25.0 Å². The minimum Gasteiger partial charge on any atom is -0.496 e. The first kappa shape index (κ1) is 17.7. The summed E-state index contributed by atoms with van der Waals surface area (Å²) in [6.07, 6.45) is 0.148. The van der Waals surface area contributed by atoms with Gasteiger partial charge in [-0.3, -0.25) is 0 Å². The van der Waals surface area contributed by atoms with Crippen molar-refractivity contribution in [2.24, 2.45) is 0 Å². The third-order valence-electron chi connectivity index (χ3n) is 3.38. The Balaban J connectivity index is 1.78. The standard InChI is InChI=1S/C19H24N2O3/c1-14(2)24-17-10-8-15(9-11-17)12-20-19(22)21-13-16-6-4-5-7-18(16)23-3/h4-11,14H,12-13H2,1-3H3,(H2,20,21,22). The second kappa shape index (κ2) is 8.82. The SMILES string of the molecule is COc1ccccc1CNC(=O)NCc1ccc(OC(C)C)cc1. The zero-order valence-corrected chi connectivity index (χ0v) is 14.3. The number of hydrogen-bond acceptors (Lipinski definition) is 3. The number of benzene rings is 2. The van der Waals surface area contributed by atoms with Crippen LogP contribution in [0.3, 0.4) is 0 Å². The summed E-state index contributed by atoms with van der Waals surface area (Å²) in [6.45, 7) is 4.85. The Morgan fingerprint density at radius 2 is 1.67 bits per heavy atom. The van der Waals surface area contributed by atoms with E-state index in [1.54, 1.807) is 7.11 Å². The quantitative estimate of drug-likeness (QED) is 0.818. The molecular weight excluding hydrogens is 304 g/mol. The van der Waals surface area contributed by atoms with Gasteiger partial charge in [0.25, 0.3) is 0 Å². The number of amides is 2. The topological polar surface area (TPSA) is 59.6 Å². The molecular formula is C19H24N2O3. The molecule has 2 rings (SSSR count). The van der Waals surface area contributed by atoms with Gasteiger partial charge >= 0.3 is 6.03 Å². The summed E-state index contributed by atoms with van der Waals surface area (Å²) in [6, 6.07) is 15.1. The van der Waals surface area contributed by atoms with Crippen LogP contribution in [0.2, 0.25) is 0 Å². The number of rotatable bonds is 7. The molecule has 0 fully saturated rings. The van der Waals surface area contributed by atoms with E-state index in [0.717, 1.165) is 22.6 Å². The molecule has 5 nitrogen and oxygen atoms in total. The molecule has 24 heavy (non-hydrogen) atoms. The number of urea groups is 1. The van der Waals surface area contributed by atoms with Gasteiger partial charge in [-0.2, -0.15) is 0 Å². The number of hydrogen-bond donors (Lipinski definition) is 2. The van der Waals surface area contributed by atoms with Crippen molar-refractivity contribution in [3.8, 4) is 11.5 Å². The lowest BCUT2D eigenvalue weighted by Crippen LogP contribution is -2.34. The van der Waals surface area contributed by atoms with Crippen molar-refractivity contribution >= 4 is 6.03 Å². The summed E-state index contributed by atoms with van der Waals surface area (Å²) in [5.74, 6) is 1.59. The van der Waals surface area contributed by atoms with Gasteiger partial charge in [-0.1, -0.05) is 30.3 Å². The van der Waals surface area contributed by atoms with Crippen molar-refractivity contribution in [3.63, 3.8) is 0 Å². The largest absolute Gasteiger partial charge is 0.496 e. The number of carbonyl (C=O) groups is 1. The predicted molar refractivity (Wildman–Crippen MR) is 94.3 cm³/mol. The fourth-order valence-electron chi connectivity index (χ4n) is 2.23.